The molecule has 1 aliphatic rings. The third kappa shape index (κ3) is 2.25. The van der Waals surface area contributed by atoms with E-state index in [9.17, 15) is 0 Å². The molecule has 0 radical (unpaired) electrons. The van der Waals surface area contributed by atoms with Crippen molar-refractivity contribution in [2.24, 2.45) is 17.6 Å². The summed E-state index contributed by atoms with van der Waals surface area (Å²) in [6.07, 6.45) is 7.94. The quantitative estimate of drug-likeness (QED) is 0.628. The summed E-state index contributed by atoms with van der Waals surface area (Å²) in [5.74, 6) is 1.59. The average molecular weight is 183 g/mol. The van der Waals surface area contributed by atoms with E-state index in [1.807, 2.05) is 0 Å². The van der Waals surface area contributed by atoms with Crippen LogP contribution in [-0.2, 0) is 0 Å². The number of nitrogens with two attached hydrogens (primary N) is 1. The third-order valence-electron chi connectivity index (χ3n) is 3.94. The van der Waals surface area contributed by atoms with Crippen LogP contribution in [0, 0.1) is 11.8 Å². The Kier molecular flexibility index (Phi) is 3.78. The maximum atomic E-state index is 6.33. The van der Waals surface area contributed by atoms with Gasteiger partial charge in [0, 0.05) is 5.54 Å². The Morgan fingerprint density at radius 1 is 1.15 bits per heavy atom. The number of unbranched alkanes of at least 4 members (excludes halogenated alkanes) is 3. The van der Waals surface area contributed by atoms with Crippen LogP contribution in [0.5, 0.6) is 0 Å². The molecule has 0 aromatic rings. The standard InChI is InChI=1S/C12H25N/c1-4-6-7-8-9-12(13)10(3)11(12)5-2/h10-11H,4-9,13H2,1-3H3. The normalized spacial score (nSPS) is 37.8. The van der Waals surface area contributed by atoms with Gasteiger partial charge in [-0.15, -0.1) is 0 Å². The lowest BCUT2D eigenvalue weighted by molar-refractivity contribution is 0.488. The minimum absolute atomic E-state index is 0.225. The molecule has 1 aliphatic carbocycles. The molecule has 13 heavy (non-hydrogen) atoms. The summed E-state index contributed by atoms with van der Waals surface area (Å²) in [5.41, 5.74) is 6.55. The Morgan fingerprint density at radius 2 is 1.85 bits per heavy atom. The monoisotopic (exact) mass is 183 g/mol. The lowest BCUT2D eigenvalue weighted by atomic mass is 10.0. The van der Waals surface area contributed by atoms with Gasteiger partial charge in [-0.1, -0.05) is 52.9 Å². The fourth-order valence-electron chi connectivity index (χ4n) is 2.76. The largest absolute Gasteiger partial charge is 0.325 e. The van der Waals surface area contributed by atoms with Crippen LogP contribution in [0.25, 0.3) is 0 Å². The molecule has 1 nitrogen and oxygen atoms in total. The molecule has 0 spiro atoms. The van der Waals surface area contributed by atoms with Crippen molar-refractivity contribution in [3.05, 3.63) is 0 Å². The fraction of sp³-hybridized carbons (Fsp3) is 1.00. The summed E-state index contributed by atoms with van der Waals surface area (Å²) in [6.45, 7) is 6.84. The molecule has 0 saturated heterocycles. The Hall–Kier alpha value is -0.0400. The van der Waals surface area contributed by atoms with Gasteiger partial charge in [0.05, 0.1) is 0 Å². The molecule has 2 N–H and O–H groups in total. The molecule has 0 aromatic carbocycles. The van der Waals surface area contributed by atoms with Gasteiger partial charge in [-0.05, 0) is 18.3 Å². The summed E-state index contributed by atoms with van der Waals surface area (Å²) in [6, 6.07) is 0. The van der Waals surface area contributed by atoms with Crippen molar-refractivity contribution >= 4 is 0 Å². The van der Waals surface area contributed by atoms with Crippen molar-refractivity contribution in [1.82, 2.24) is 0 Å². The summed E-state index contributed by atoms with van der Waals surface area (Å²) in [5, 5.41) is 0. The second-order valence-electron chi connectivity index (χ2n) is 4.73. The molecule has 0 heterocycles. The fourth-order valence-corrected chi connectivity index (χ4v) is 2.76. The van der Waals surface area contributed by atoms with Crippen LogP contribution < -0.4 is 5.73 Å². The van der Waals surface area contributed by atoms with Gasteiger partial charge in [-0.25, -0.2) is 0 Å². The van der Waals surface area contributed by atoms with E-state index in [-0.39, 0.29) is 5.54 Å². The summed E-state index contributed by atoms with van der Waals surface area (Å²) >= 11 is 0. The van der Waals surface area contributed by atoms with Crippen molar-refractivity contribution in [1.29, 1.82) is 0 Å². The zero-order valence-corrected chi connectivity index (χ0v) is 9.47. The van der Waals surface area contributed by atoms with Crippen LogP contribution in [0.15, 0.2) is 0 Å². The van der Waals surface area contributed by atoms with E-state index in [0.717, 1.165) is 11.8 Å². The molecular weight excluding hydrogens is 158 g/mol. The predicted molar refractivity (Wildman–Crippen MR) is 58.6 cm³/mol. The van der Waals surface area contributed by atoms with E-state index < -0.39 is 0 Å². The van der Waals surface area contributed by atoms with Crippen LogP contribution >= 0.6 is 0 Å². The topological polar surface area (TPSA) is 26.0 Å². The highest BCUT2D eigenvalue weighted by atomic mass is 14.9. The highest BCUT2D eigenvalue weighted by Crippen LogP contribution is 2.53. The van der Waals surface area contributed by atoms with Gasteiger partial charge in [0.15, 0.2) is 0 Å². The van der Waals surface area contributed by atoms with Crippen molar-refractivity contribution < 1.29 is 0 Å². The average Bonchev–Trinajstić information content (AvgIpc) is 2.64. The Bertz CT molecular complexity index is 155. The van der Waals surface area contributed by atoms with E-state index in [2.05, 4.69) is 20.8 Å². The summed E-state index contributed by atoms with van der Waals surface area (Å²) < 4.78 is 0. The van der Waals surface area contributed by atoms with Crippen LogP contribution in [0.2, 0.25) is 0 Å². The minimum Gasteiger partial charge on any atom is -0.325 e. The van der Waals surface area contributed by atoms with Crippen LogP contribution in [-0.4, -0.2) is 5.54 Å². The third-order valence-corrected chi connectivity index (χ3v) is 3.94. The van der Waals surface area contributed by atoms with Crippen molar-refractivity contribution in [3.8, 4) is 0 Å². The Balaban J connectivity index is 2.15. The van der Waals surface area contributed by atoms with Gasteiger partial charge in [-0.3, -0.25) is 0 Å². The number of rotatable bonds is 6. The zero-order valence-electron chi connectivity index (χ0n) is 9.47. The molecule has 3 atom stereocenters. The van der Waals surface area contributed by atoms with Gasteiger partial charge >= 0.3 is 0 Å². The molecule has 1 fully saturated rings. The van der Waals surface area contributed by atoms with Crippen LogP contribution in [0.3, 0.4) is 0 Å². The molecule has 78 valence electrons. The predicted octanol–water partition coefficient (Wildman–Crippen LogP) is 3.33. The SMILES string of the molecule is CCCCCCC1(N)C(C)C1CC. The van der Waals surface area contributed by atoms with Gasteiger partial charge in [0.1, 0.15) is 0 Å². The smallest absolute Gasteiger partial charge is 0.0215 e. The Labute approximate surface area is 83.1 Å². The van der Waals surface area contributed by atoms with E-state index >= 15 is 0 Å². The summed E-state index contributed by atoms with van der Waals surface area (Å²) in [4.78, 5) is 0. The first-order valence-corrected chi connectivity index (χ1v) is 5.95. The number of hydrogen-bond acceptors (Lipinski definition) is 1. The van der Waals surface area contributed by atoms with Crippen molar-refractivity contribution in [3.63, 3.8) is 0 Å². The zero-order chi connectivity index (χ0) is 9.90. The molecule has 0 aromatic heterocycles. The first kappa shape index (κ1) is 11.0. The van der Waals surface area contributed by atoms with Gasteiger partial charge in [-0.2, -0.15) is 0 Å². The first-order chi connectivity index (χ1) is 6.16. The van der Waals surface area contributed by atoms with Crippen LogP contribution in [0.1, 0.15) is 59.3 Å². The maximum absolute atomic E-state index is 6.33. The van der Waals surface area contributed by atoms with E-state index in [4.69, 9.17) is 5.73 Å². The van der Waals surface area contributed by atoms with Crippen LogP contribution in [0.4, 0.5) is 0 Å². The van der Waals surface area contributed by atoms with E-state index in [1.54, 1.807) is 0 Å². The molecule has 1 heteroatoms. The summed E-state index contributed by atoms with van der Waals surface area (Å²) in [7, 11) is 0. The number of hydrogen-bond donors (Lipinski definition) is 1. The van der Waals surface area contributed by atoms with Crippen molar-refractivity contribution in [2.45, 2.75) is 64.8 Å². The van der Waals surface area contributed by atoms with Crippen molar-refractivity contribution in [2.75, 3.05) is 0 Å². The highest BCUT2D eigenvalue weighted by Gasteiger charge is 2.56. The van der Waals surface area contributed by atoms with Gasteiger partial charge in [0.2, 0.25) is 0 Å². The lowest BCUT2D eigenvalue weighted by Crippen LogP contribution is -2.26. The van der Waals surface area contributed by atoms with E-state index in [1.165, 1.54) is 38.5 Å². The maximum Gasteiger partial charge on any atom is 0.0215 e. The lowest BCUT2D eigenvalue weighted by Gasteiger charge is -2.10. The first-order valence-electron chi connectivity index (χ1n) is 5.95. The second-order valence-corrected chi connectivity index (χ2v) is 4.73. The molecular formula is C12H25N. The highest BCUT2D eigenvalue weighted by molar-refractivity contribution is 5.12. The molecule has 0 aliphatic heterocycles. The molecule has 1 rings (SSSR count). The molecule has 3 unspecified atom stereocenters. The van der Waals surface area contributed by atoms with Gasteiger partial charge in [0.25, 0.3) is 0 Å². The molecule has 0 bridgehead atoms. The minimum atomic E-state index is 0.225. The second kappa shape index (κ2) is 4.45. The molecule has 0 amide bonds. The van der Waals surface area contributed by atoms with Gasteiger partial charge < -0.3 is 5.73 Å². The Morgan fingerprint density at radius 3 is 2.31 bits per heavy atom. The molecule has 1 saturated carbocycles. The van der Waals surface area contributed by atoms with E-state index in [0.29, 0.717) is 0 Å².